The van der Waals surface area contributed by atoms with Crippen molar-refractivity contribution in [1.29, 1.82) is 0 Å². The van der Waals surface area contributed by atoms with Crippen molar-refractivity contribution in [3.63, 3.8) is 0 Å². The molecule has 1 aromatic carbocycles. The zero-order valence-electron chi connectivity index (χ0n) is 13.8. The van der Waals surface area contributed by atoms with Gasteiger partial charge in [0.25, 0.3) is 5.91 Å². The van der Waals surface area contributed by atoms with Crippen LogP contribution in [0.5, 0.6) is 0 Å². The first-order valence-electron chi connectivity index (χ1n) is 7.85. The second-order valence-electron chi connectivity index (χ2n) is 6.08. The number of carbonyl (C=O) groups is 3. The van der Waals surface area contributed by atoms with Crippen molar-refractivity contribution in [2.75, 3.05) is 11.9 Å². The molecule has 1 aromatic rings. The Bertz CT molecular complexity index is 916. The molecule has 0 aromatic heterocycles. The summed E-state index contributed by atoms with van der Waals surface area (Å²) in [6.07, 6.45) is 3.12. The molecule has 0 bridgehead atoms. The van der Waals surface area contributed by atoms with Crippen LogP contribution in [-0.4, -0.2) is 88.1 Å². The van der Waals surface area contributed by atoms with Crippen molar-refractivity contribution >= 4 is 69.3 Å². The van der Waals surface area contributed by atoms with E-state index in [2.05, 4.69) is 5.32 Å². The molecule has 2 aliphatic heterocycles. The van der Waals surface area contributed by atoms with E-state index in [1.165, 1.54) is 17.9 Å². The van der Waals surface area contributed by atoms with Crippen LogP contribution in [0, 0.1) is 0 Å². The molecule has 0 saturated carbocycles. The molecule has 0 aliphatic carbocycles. The number of hydrogen-bond acceptors (Lipinski definition) is 5. The average Bonchev–Trinajstić information content (AvgIpc) is 2.89. The van der Waals surface area contributed by atoms with E-state index in [9.17, 15) is 22.8 Å². The summed E-state index contributed by atoms with van der Waals surface area (Å²) in [6, 6.07) is 5.30. The predicted molar refractivity (Wildman–Crippen MR) is 99.2 cm³/mol. The molecule has 11 heteroatoms. The number of nitrogens with one attached hydrogen (secondary N) is 1. The van der Waals surface area contributed by atoms with Gasteiger partial charge in [0.05, 0.1) is 6.04 Å². The molecule has 2 N–H and O–H groups in total. The van der Waals surface area contributed by atoms with Crippen LogP contribution in [-0.2, 0) is 24.7 Å². The summed E-state index contributed by atoms with van der Waals surface area (Å²) in [5.74, 6) is -1.44. The molecular weight excluding hydrogens is 385 g/mol. The molecule has 2 fully saturated rings. The Morgan fingerprint density at radius 1 is 1.33 bits per heavy atom. The van der Waals surface area contributed by atoms with E-state index in [1.54, 1.807) is 30.3 Å². The minimum absolute atomic E-state index is 0. The first kappa shape index (κ1) is 21.6. The SMILES string of the molecule is CC(=O)Nc1cccc(/C=C\C(=O)N2CC[C@@H]3[C@H]2C(=O)N3S(=O)(=O)O)c1.[NaH]. The molecule has 2 atom stereocenters. The summed E-state index contributed by atoms with van der Waals surface area (Å²) in [6.45, 7) is 1.61. The third-order valence-corrected chi connectivity index (χ3v) is 5.24. The third kappa shape index (κ3) is 4.41. The fourth-order valence-corrected chi connectivity index (χ4v) is 4.15. The number of amides is 3. The summed E-state index contributed by atoms with van der Waals surface area (Å²) in [4.78, 5) is 36.7. The van der Waals surface area contributed by atoms with E-state index in [-0.39, 0.29) is 48.4 Å². The minimum atomic E-state index is -4.60. The molecule has 3 rings (SSSR count). The Balaban J connectivity index is 0.00000261. The number of likely N-dealkylation sites (tertiary alicyclic amines) is 1. The Kier molecular flexibility index (Phi) is 6.48. The quantitative estimate of drug-likeness (QED) is 0.306. The van der Waals surface area contributed by atoms with E-state index in [1.807, 2.05) is 0 Å². The van der Waals surface area contributed by atoms with Gasteiger partial charge in [0, 0.05) is 25.2 Å². The molecule has 0 unspecified atom stereocenters. The molecule has 3 amide bonds. The number of benzene rings is 1. The van der Waals surface area contributed by atoms with Gasteiger partial charge in [-0.2, -0.15) is 8.42 Å². The van der Waals surface area contributed by atoms with E-state index < -0.39 is 34.2 Å². The monoisotopic (exact) mass is 403 g/mol. The first-order chi connectivity index (χ1) is 12.2. The maximum absolute atomic E-state index is 12.4. The van der Waals surface area contributed by atoms with Crippen molar-refractivity contribution < 1.29 is 27.4 Å². The van der Waals surface area contributed by atoms with E-state index in [0.29, 0.717) is 15.6 Å². The molecule has 2 heterocycles. The fraction of sp³-hybridized carbons (Fsp3) is 0.312. The average molecular weight is 403 g/mol. The third-order valence-electron chi connectivity index (χ3n) is 4.29. The van der Waals surface area contributed by atoms with Gasteiger partial charge in [0.15, 0.2) is 0 Å². The van der Waals surface area contributed by atoms with Gasteiger partial charge in [-0.3, -0.25) is 18.9 Å². The number of β-lactam (4-membered cyclic amide) rings is 1. The molecule has 0 spiro atoms. The number of fused-ring (bicyclic) bond motifs is 1. The van der Waals surface area contributed by atoms with Crippen LogP contribution >= 0.6 is 0 Å². The van der Waals surface area contributed by atoms with Crippen LogP contribution < -0.4 is 5.32 Å². The van der Waals surface area contributed by atoms with Crippen LogP contribution in [0.4, 0.5) is 5.69 Å². The Morgan fingerprint density at radius 2 is 2.04 bits per heavy atom. The Morgan fingerprint density at radius 3 is 2.67 bits per heavy atom. The van der Waals surface area contributed by atoms with Gasteiger partial charge in [0.1, 0.15) is 6.04 Å². The summed E-state index contributed by atoms with van der Waals surface area (Å²) in [7, 11) is -4.60. The van der Waals surface area contributed by atoms with Crippen molar-refractivity contribution in [1.82, 2.24) is 9.21 Å². The van der Waals surface area contributed by atoms with E-state index in [4.69, 9.17) is 4.55 Å². The zero-order valence-corrected chi connectivity index (χ0v) is 14.6. The zero-order chi connectivity index (χ0) is 19.1. The van der Waals surface area contributed by atoms with Crippen LogP contribution in [0.15, 0.2) is 30.3 Å². The molecule has 0 radical (unpaired) electrons. The Labute approximate surface area is 178 Å². The predicted octanol–water partition coefficient (Wildman–Crippen LogP) is -0.376. The van der Waals surface area contributed by atoms with Crippen LogP contribution in [0.2, 0.25) is 0 Å². The van der Waals surface area contributed by atoms with Crippen molar-refractivity contribution in [2.45, 2.75) is 25.4 Å². The van der Waals surface area contributed by atoms with Crippen LogP contribution in [0.3, 0.4) is 0 Å². The van der Waals surface area contributed by atoms with E-state index in [0.717, 1.165) is 0 Å². The number of carbonyl (C=O) groups excluding carboxylic acids is 3. The summed E-state index contributed by atoms with van der Waals surface area (Å²) < 4.78 is 31.8. The standard InChI is InChI=1S/C16H17N3O6S.Na.H/c1-10(20)17-12-4-2-3-11(9-12)5-6-14(21)18-8-7-13-15(18)16(22)19(13)26(23,24)25;;/h2-6,9,13,15H,7-8H2,1H3,(H,17,20)(H,23,24,25);;/b6-5-;;/t13-,15+;;/m1../s1. The first-order valence-corrected chi connectivity index (χ1v) is 9.25. The van der Waals surface area contributed by atoms with Gasteiger partial charge in [-0.05, 0) is 30.2 Å². The molecular formula is C16H18N3NaO6S. The molecule has 2 saturated heterocycles. The second kappa shape index (κ2) is 8.11. The normalized spacial score (nSPS) is 21.5. The number of anilines is 1. The van der Waals surface area contributed by atoms with Gasteiger partial charge in [-0.25, -0.2) is 4.31 Å². The van der Waals surface area contributed by atoms with Crippen molar-refractivity contribution in [3.05, 3.63) is 35.9 Å². The van der Waals surface area contributed by atoms with Gasteiger partial charge >= 0.3 is 39.9 Å². The van der Waals surface area contributed by atoms with Gasteiger partial charge in [0.2, 0.25) is 11.8 Å². The van der Waals surface area contributed by atoms with Crippen LogP contribution in [0.1, 0.15) is 18.9 Å². The van der Waals surface area contributed by atoms with Crippen molar-refractivity contribution in [2.24, 2.45) is 0 Å². The Hall–Kier alpha value is -1.72. The van der Waals surface area contributed by atoms with Crippen molar-refractivity contribution in [3.8, 4) is 0 Å². The number of hydrogen-bond donors (Lipinski definition) is 2. The van der Waals surface area contributed by atoms with E-state index >= 15 is 0 Å². The topological polar surface area (TPSA) is 124 Å². The van der Waals surface area contributed by atoms with Gasteiger partial charge in [-0.1, -0.05) is 12.1 Å². The number of rotatable bonds is 4. The molecule has 27 heavy (non-hydrogen) atoms. The molecule has 140 valence electrons. The molecule has 2 aliphatic rings. The van der Waals surface area contributed by atoms with Gasteiger partial charge in [-0.15, -0.1) is 0 Å². The summed E-state index contributed by atoms with van der Waals surface area (Å²) in [5.41, 5.74) is 1.27. The summed E-state index contributed by atoms with van der Waals surface area (Å²) >= 11 is 0. The number of nitrogens with zero attached hydrogens (tertiary/aromatic N) is 2. The summed E-state index contributed by atoms with van der Waals surface area (Å²) in [5, 5.41) is 2.64. The fourth-order valence-electron chi connectivity index (χ4n) is 3.25. The second-order valence-corrected chi connectivity index (χ2v) is 7.37. The molecule has 9 nitrogen and oxygen atoms in total. The maximum atomic E-state index is 12.4. The van der Waals surface area contributed by atoms with Gasteiger partial charge < -0.3 is 10.2 Å². The van der Waals surface area contributed by atoms with Crippen LogP contribution in [0.25, 0.3) is 6.08 Å².